The maximum Gasteiger partial charge on any atom is 0.259 e. The van der Waals surface area contributed by atoms with Gasteiger partial charge < -0.3 is 10.6 Å². The summed E-state index contributed by atoms with van der Waals surface area (Å²) >= 11 is 0. The highest BCUT2D eigenvalue weighted by Crippen LogP contribution is 2.32. The Labute approximate surface area is 122 Å². The second-order valence-corrected chi connectivity index (χ2v) is 5.16. The van der Waals surface area contributed by atoms with Gasteiger partial charge in [-0.2, -0.15) is 0 Å². The molecule has 2 heterocycles. The number of pyridine rings is 1. The van der Waals surface area contributed by atoms with Gasteiger partial charge in [-0.05, 0) is 30.5 Å². The molecule has 1 aromatic carbocycles. The van der Waals surface area contributed by atoms with Crippen LogP contribution >= 0.6 is 0 Å². The Hall–Kier alpha value is -2.27. The van der Waals surface area contributed by atoms with Crippen LogP contribution in [0.15, 0.2) is 42.7 Å². The average Bonchev–Trinajstić information content (AvgIpc) is 2.66. The number of para-hydroxylation sites is 1. The summed E-state index contributed by atoms with van der Waals surface area (Å²) in [6.07, 6.45) is 4.11. The van der Waals surface area contributed by atoms with Crippen molar-refractivity contribution in [1.82, 2.24) is 4.98 Å². The van der Waals surface area contributed by atoms with E-state index in [4.69, 9.17) is 5.73 Å². The van der Waals surface area contributed by atoms with Crippen molar-refractivity contribution in [2.24, 2.45) is 5.73 Å². The highest BCUT2D eigenvalue weighted by molar-refractivity contribution is 6.06. The molecule has 0 bridgehead atoms. The summed E-state index contributed by atoms with van der Waals surface area (Å²) < 4.78 is 13.3. The van der Waals surface area contributed by atoms with Gasteiger partial charge in [0.2, 0.25) is 0 Å². The van der Waals surface area contributed by atoms with Crippen LogP contribution in [0.3, 0.4) is 0 Å². The number of rotatable bonds is 1. The quantitative estimate of drug-likeness (QED) is 0.876. The van der Waals surface area contributed by atoms with E-state index in [0.717, 1.165) is 30.3 Å². The Morgan fingerprint density at radius 1 is 1.33 bits per heavy atom. The van der Waals surface area contributed by atoms with Crippen molar-refractivity contribution in [3.05, 3.63) is 59.7 Å². The van der Waals surface area contributed by atoms with Gasteiger partial charge in [-0.1, -0.05) is 18.2 Å². The zero-order valence-corrected chi connectivity index (χ0v) is 11.5. The van der Waals surface area contributed by atoms with Crippen LogP contribution in [0.5, 0.6) is 0 Å². The molecule has 0 saturated carbocycles. The summed E-state index contributed by atoms with van der Waals surface area (Å²) in [4.78, 5) is 18.1. The van der Waals surface area contributed by atoms with Crippen molar-refractivity contribution in [3.63, 3.8) is 0 Å². The van der Waals surface area contributed by atoms with E-state index in [2.05, 4.69) is 4.98 Å². The van der Waals surface area contributed by atoms with Crippen molar-refractivity contribution in [3.8, 4) is 0 Å². The van der Waals surface area contributed by atoms with E-state index in [1.165, 1.54) is 12.3 Å². The smallest absolute Gasteiger partial charge is 0.259 e. The Bertz CT molecular complexity index is 674. The zero-order valence-electron chi connectivity index (χ0n) is 11.5. The minimum absolute atomic E-state index is 0.0790. The molecular weight excluding hydrogens is 269 g/mol. The first kappa shape index (κ1) is 13.7. The molecule has 0 radical (unpaired) electrons. The first-order chi connectivity index (χ1) is 10.2. The lowest BCUT2D eigenvalue weighted by Gasteiger charge is -2.23. The van der Waals surface area contributed by atoms with Gasteiger partial charge in [0.15, 0.2) is 0 Å². The minimum Gasteiger partial charge on any atom is -0.324 e. The highest BCUT2D eigenvalue weighted by Gasteiger charge is 2.25. The van der Waals surface area contributed by atoms with Gasteiger partial charge in [-0.3, -0.25) is 9.78 Å². The number of hydrogen-bond acceptors (Lipinski definition) is 3. The molecule has 0 aliphatic carbocycles. The van der Waals surface area contributed by atoms with E-state index in [1.54, 1.807) is 4.90 Å². The van der Waals surface area contributed by atoms with Gasteiger partial charge >= 0.3 is 0 Å². The fraction of sp³-hybridized carbons (Fsp3) is 0.250. The number of halogens is 1. The Morgan fingerprint density at radius 3 is 2.95 bits per heavy atom. The van der Waals surface area contributed by atoms with Gasteiger partial charge in [0, 0.05) is 24.5 Å². The largest absolute Gasteiger partial charge is 0.324 e. The topological polar surface area (TPSA) is 59.2 Å². The van der Waals surface area contributed by atoms with E-state index in [9.17, 15) is 9.18 Å². The maximum atomic E-state index is 13.3. The third-order valence-electron chi connectivity index (χ3n) is 3.72. The monoisotopic (exact) mass is 285 g/mol. The van der Waals surface area contributed by atoms with Gasteiger partial charge in [-0.15, -0.1) is 0 Å². The Balaban J connectivity index is 2.02. The SMILES string of the molecule is NC1CCCN(C(=O)c2cncc(F)c2)c2ccccc21. The lowest BCUT2D eigenvalue weighted by molar-refractivity contribution is 0.0986. The molecule has 1 atom stereocenters. The standard InChI is InChI=1S/C16H16FN3O/c17-12-8-11(9-19-10-12)16(21)20-7-3-5-14(18)13-4-1-2-6-15(13)20/h1-2,4,6,8-10,14H,3,5,7,18H2. The van der Waals surface area contributed by atoms with Gasteiger partial charge in [0.25, 0.3) is 5.91 Å². The second kappa shape index (κ2) is 5.61. The van der Waals surface area contributed by atoms with Crippen molar-refractivity contribution in [2.45, 2.75) is 18.9 Å². The zero-order chi connectivity index (χ0) is 14.8. The number of hydrogen-bond donors (Lipinski definition) is 1. The van der Waals surface area contributed by atoms with Gasteiger partial charge in [0.1, 0.15) is 5.82 Å². The molecule has 1 aliphatic rings. The van der Waals surface area contributed by atoms with Crippen LogP contribution in [-0.2, 0) is 0 Å². The third kappa shape index (κ3) is 2.64. The van der Waals surface area contributed by atoms with Gasteiger partial charge in [0.05, 0.1) is 11.8 Å². The summed E-state index contributed by atoms with van der Waals surface area (Å²) in [5.41, 5.74) is 8.17. The Morgan fingerprint density at radius 2 is 2.14 bits per heavy atom. The predicted octanol–water partition coefficient (Wildman–Crippen LogP) is 2.66. The molecule has 0 fully saturated rings. The summed E-state index contributed by atoms with van der Waals surface area (Å²) in [5, 5.41) is 0. The molecule has 2 N–H and O–H groups in total. The molecule has 2 aromatic rings. The summed E-state index contributed by atoms with van der Waals surface area (Å²) in [6, 6.07) is 8.74. The van der Waals surface area contributed by atoms with Crippen LogP contribution < -0.4 is 10.6 Å². The molecule has 4 nitrogen and oxygen atoms in total. The normalized spacial score (nSPS) is 18.0. The van der Waals surface area contributed by atoms with Crippen LogP contribution in [0.1, 0.15) is 34.8 Å². The number of nitrogens with zero attached hydrogens (tertiary/aromatic N) is 2. The molecule has 1 unspecified atom stereocenters. The van der Waals surface area contributed by atoms with Crippen LogP contribution in [0.2, 0.25) is 0 Å². The van der Waals surface area contributed by atoms with E-state index in [1.807, 2.05) is 24.3 Å². The van der Waals surface area contributed by atoms with Crippen molar-refractivity contribution in [1.29, 1.82) is 0 Å². The lowest BCUT2D eigenvalue weighted by atomic mass is 10.0. The number of carbonyl (C=O) groups excluding carboxylic acids is 1. The van der Waals surface area contributed by atoms with E-state index >= 15 is 0 Å². The molecule has 1 amide bonds. The maximum absolute atomic E-state index is 13.3. The lowest BCUT2D eigenvalue weighted by Crippen LogP contribution is -2.32. The number of fused-ring (bicyclic) bond motifs is 1. The number of benzene rings is 1. The molecule has 1 aromatic heterocycles. The molecular formula is C16H16FN3O. The summed E-state index contributed by atoms with van der Waals surface area (Å²) in [7, 11) is 0. The van der Waals surface area contributed by atoms with E-state index in [-0.39, 0.29) is 17.5 Å². The van der Waals surface area contributed by atoms with Crippen LogP contribution in [0.4, 0.5) is 10.1 Å². The first-order valence-corrected chi connectivity index (χ1v) is 6.94. The number of carbonyl (C=O) groups is 1. The molecule has 1 aliphatic heterocycles. The van der Waals surface area contributed by atoms with Crippen molar-refractivity contribution < 1.29 is 9.18 Å². The van der Waals surface area contributed by atoms with Crippen molar-refractivity contribution >= 4 is 11.6 Å². The average molecular weight is 285 g/mol. The fourth-order valence-electron chi connectivity index (χ4n) is 2.69. The first-order valence-electron chi connectivity index (χ1n) is 6.94. The number of nitrogens with two attached hydrogens (primary N) is 1. The van der Waals surface area contributed by atoms with E-state index in [0.29, 0.717) is 6.54 Å². The number of amides is 1. The molecule has 0 spiro atoms. The minimum atomic E-state index is -0.513. The van der Waals surface area contributed by atoms with Crippen molar-refractivity contribution in [2.75, 3.05) is 11.4 Å². The molecule has 0 saturated heterocycles. The molecule has 5 heteroatoms. The van der Waals surface area contributed by atoms with Crippen LogP contribution in [0, 0.1) is 5.82 Å². The fourth-order valence-corrected chi connectivity index (χ4v) is 2.69. The number of anilines is 1. The molecule has 21 heavy (non-hydrogen) atoms. The number of aromatic nitrogens is 1. The van der Waals surface area contributed by atoms with E-state index < -0.39 is 5.82 Å². The van der Waals surface area contributed by atoms with Crippen LogP contribution in [-0.4, -0.2) is 17.4 Å². The van der Waals surface area contributed by atoms with Gasteiger partial charge in [-0.25, -0.2) is 4.39 Å². The summed E-state index contributed by atoms with van der Waals surface area (Å²) in [6.45, 7) is 0.570. The molecule has 3 rings (SSSR count). The predicted molar refractivity (Wildman–Crippen MR) is 78.5 cm³/mol. The third-order valence-corrected chi connectivity index (χ3v) is 3.72. The highest BCUT2D eigenvalue weighted by atomic mass is 19.1. The second-order valence-electron chi connectivity index (χ2n) is 5.16. The van der Waals surface area contributed by atoms with Crippen LogP contribution in [0.25, 0.3) is 0 Å². The Kier molecular flexibility index (Phi) is 3.66. The summed E-state index contributed by atoms with van der Waals surface area (Å²) in [5.74, 6) is -0.760. The molecule has 108 valence electrons.